The zero-order valence-corrected chi connectivity index (χ0v) is 10.0. The molecule has 1 fully saturated rings. The van der Waals surface area contributed by atoms with Crippen LogP contribution in [0, 0.1) is 11.8 Å². The van der Waals surface area contributed by atoms with Crippen LogP contribution in [0.4, 0.5) is 0 Å². The lowest BCUT2D eigenvalue weighted by Gasteiger charge is -2.43. The van der Waals surface area contributed by atoms with Crippen LogP contribution in [0.25, 0.3) is 0 Å². The molecule has 14 heavy (non-hydrogen) atoms. The van der Waals surface area contributed by atoms with E-state index in [1.165, 1.54) is 12.8 Å². The molecule has 0 spiro atoms. The van der Waals surface area contributed by atoms with E-state index in [1.54, 1.807) is 0 Å². The largest absolute Gasteiger partial charge is 0.396 e. The van der Waals surface area contributed by atoms with Gasteiger partial charge in [0.05, 0.1) is 0 Å². The Labute approximate surface area is 88.3 Å². The Kier molecular flexibility index (Phi) is 4.39. The number of aliphatic hydroxyl groups is 1. The van der Waals surface area contributed by atoms with E-state index in [9.17, 15) is 5.11 Å². The lowest BCUT2D eigenvalue weighted by atomic mass is 9.86. The molecule has 2 atom stereocenters. The van der Waals surface area contributed by atoms with E-state index in [1.807, 2.05) is 0 Å². The van der Waals surface area contributed by atoms with Crippen LogP contribution in [0.5, 0.6) is 0 Å². The summed E-state index contributed by atoms with van der Waals surface area (Å²) in [5, 5.41) is 9.19. The highest BCUT2D eigenvalue weighted by molar-refractivity contribution is 4.85. The Hall–Kier alpha value is -0.0800. The molecule has 0 aliphatic carbocycles. The Morgan fingerprint density at radius 2 is 1.86 bits per heavy atom. The highest BCUT2D eigenvalue weighted by atomic mass is 16.3. The van der Waals surface area contributed by atoms with Crippen molar-refractivity contribution in [2.45, 2.75) is 52.6 Å². The highest BCUT2D eigenvalue weighted by Crippen LogP contribution is 2.27. The van der Waals surface area contributed by atoms with Crippen molar-refractivity contribution in [3.63, 3.8) is 0 Å². The van der Waals surface area contributed by atoms with Gasteiger partial charge in [0.1, 0.15) is 0 Å². The monoisotopic (exact) mass is 199 g/mol. The van der Waals surface area contributed by atoms with Crippen LogP contribution in [0.2, 0.25) is 0 Å². The van der Waals surface area contributed by atoms with Crippen molar-refractivity contribution in [3.05, 3.63) is 0 Å². The molecule has 2 heteroatoms. The van der Waals surface area contributed by atoms with Gasteiger partial charge in [-0.25, -0.2) is 0 Å². The molecule has 1 N–H and O–H groups in total. The van der Waals surface area contributed by atoms with Crippen LogP contribution in [0.1, 0.15) is 40.5 Å². The molecule has 2 nitrogen and oxygen atoms in total. The van der Waals surface area contributed by atoms with E-state index in [0.29, 0.717) is 18.6 Å². The maximum Gasteiger partial charge on any atom is 0.0471 e. The predicted molar refractivity (Wildman–Crippen MR) is 60.3 cm³/mol. The molecular weight excluding hydrogens is 174 g/mol. The van der Waals surface area contributed by atoms with Crippen molar-refractivity contribution in [3.8, 4) is 0 Å². The first kappa shape index (κ1) is 12.0. The number of rotatable bonds is 3. The van der Waals surface area contributed by atoms with E-state index in [2.05, 4.69) is 32.6 Å². The molecule has 0 radical (unpaired) electrons. The van der Waals surface area contributed by atoms with Gasteiger partial charge in [0.2, 0.25) is 0 Å². The molecule has 0 amide bonds. The summed E-state index contributed by atoms with van der Waals surface area (Å²) in [5.74, 6) is 1.24. The molecule has 1 aliphatic heterocycles. The minimum Gasteiger partial charge on any atom is -0.396 e. The molecule has 1 heterocycles. The summed E-state index contributed by atoms with van der Waals surface area (Å²) in [6.07, 6.45) is 2.45. The fraction of sp³-hybridized carbons (Fsp3) is 1.00. The summed E-state index contributed by atoms with van der Waals surface area (Å²) in [4.78, 5) is 2.56. The molecule has 1 rings (SSSR count). The van der Waals surface area contributed by atoms with E-state index in [0.717, 1.165) is 18.5 Å². The molecule has 0 aromatic carbocycles. The van der Waals surface area contributed by atoms with Crippen LogP contribution in [-0.2, 0) is 0 Å². The molecule has 0 aromatic heterocycles. The van der Waals surface area contributed by atoms with Gasteiger partial charge in [0, 0.05) is 25.2 Å². The fourth-order valence-corrected chi connectivity index (χ4v) is 2.56. The van der Waals surface area contributed by atoms with Crippen LogP contribution in [-0.4, -0.2) is 35.2 Å². The summed E-state index contributed by atoms with van der Waals surface area (Å²) in [6.45, 7) is 10.6. The predicted octanol–water partition coefficient (Wildman–Crippen LogP) is 2.12. The van der Waals surface area contributed by atoms with E-state index in [4.69, 9.17) is 0 Å². The smallest absolute Gasteiger partial charge is 0.0471 e. The summed E-state index contributed by atoms with van der Waals surface area (Å²) >= 11 is 0. The molecule has 0 bridgehead atoms. The molecular formula is C12H25NO. The van der Waals surface area contributed by atoms with Gasteiger partial charge >= 0.3 is 0 Å². The molecule has 84 valence electrons. The number of likely N-dealkylation sites (tertiary alicyclic amines) is 1. The first-order valence-electron chi connectivity index (χ1n) is 5.92. The summed E-state index contributed by atoms with van der Waals surface area (Å²) in [6, 6.07) is 1.33. The van der Waals surface area contributed by atoms with Gasteiger partial charge < -0.3 is 5.11 Å². The lowest BCUT2D eigenvalue weighted by Crippen LogP contribution is -2.50. The second kappa shape index (κ2) is 5.13. The maximum atomic E-state index is 9.19. The third-order valence-corrected chi connectivity index (χ3v) is 3.46. The second-order valence-electron chi connectivity index (χ2n) is 5.23. The van der Waals surface area contributed by atoms with Crippen molar-refractivity contribution >= 4 is 0 Å². The van der Waals surface area contributed by atoms with Crippen LogP contribution in [0.3, 0.4) is 0 Å². The number of nitrogens with zero attached hydrogens (tertiary/aromatic N) is 1. The van der Waals surface area contributed by atoms with Crippen molar-refractivity contribution in [2.24, 2.45) is 11.8 Å². The number of hydrogen-bond donors (Lipinski definition) is 1. The molecule has 1 saturated heterocycles. The van der Waals surface area contributed by atoms with Crippen molar-refractivity contribution < 1.29 is 5.11 Å². The number of hydrogen-bond acceptors (Lipinski definition) is 2. The van der Waals surface area contributed by atoms with Gasteiger partial charge in [-0.2, -0.15) is 0 Å². The highest BCUT2D eigenvalue weighted by Gasteiger charge is 2.30. The van der Waals surface area contributed by atoms with Gasteiger partial charge in [-0.15, -0.1) is 0 Å². The van der Waals surface area contributed by atoms with E-state index in [-0.39, 0.29) is 0 Å². The Morgan fingerprint density at radius 1 is 1.21 bits per heavy atom. The van der Waals surface area contributed by atoms with Gasteiger partial charge in [0.25, 0.3) is 0 Å². The Morgan fingerprint density at radius 3 is 2.29 bits per heavy atom. The zero-order chi connectivity index (χ0) is 10.7. The second-order valence-corrected chi connectivity index (χ2v) is 5.23. The average Bonchev–Trinajstić information content (AvgIpc) is 2.16. The summed E-state index contributed by atoms with van der Waals surface area (Å²) in [5.41, 5.74) is 0. The van der Waals surface area contributed by atoms with Crippen LogP contribution >= 0.6 is 0 Å². The van der Waals surface area contributed by atoms with Crippen LogP contribution < -0.4 is 0 Å². The average molecular weight is 199 g/mol. The topological polar surface area (TPSA) is 23.5 Å². The zero-order valence-electron chi connectivity index (χ0n) is 10.0. The third-order valence-electron chi connectivity index (χ3n) is 3.46. The molecule has 0 saturated carbocycles. The first-order valence-corrected chi connectivity index (χ1v) is 5.92. The van der Waals surface area contributed by atoms with Gasteiger partial charge in [-0.1, -0.05) is 13.8 Å². The van der Waals surface area contributed by atoms with Crippen molar-refractivity contribution in [1.29, 1.82) is 0 Å². The number of aliphatic hydroxyl groups excluding tert-OH is 1. The molecule has 0 aromatic rings. The van der Waals surface area contributed by atoms with E-state index < -0.39 is 0 Å². The van der Waals surface area contributed by atoms with Gasteiger partial charge in [-0.3, -0.25) is 4.90 Å². The molecule has 2 unspecified atom stereocenters. The lowest BCUT2D eigenvalue weighted by molar-refractivity contribution is 0.0313. The van der Waals surface area contributed by atoms with Crippen molar-refractivity contribution in [2.75, 3.05) is 13.2 Å². The standard InChI is InChI=1S/C12H25NO/c1-9(2)12-6-5-11(8-14)7-13(12)10(3)4/h9-12,14H,5-8H2,1-4H3. The quantitative estimate of drug-likeness (QED) is 0.752. The normalized spacial score (nSPS) is 30.2. The minimum atomic E-state index is 0.355. The van der Waals surface area contributed by atoms with Crippen LogP contribution in [0.15, 0.2) is 0 Å². The summed E-state index contributed by atoms with van der Waals surface area (Å²) in [7, 11) is 0. The Bertz CT molecular complexity index is 168. The third kappa shape index (κ3) is 2.71. The molecule has 1 aliphatic rings. The fourth-order valence-electron chi connectivity index (χ4n) is 2.56. The maximum absolute atomic E-state index is 9.19. The minimum absolute atomic E-state index is 0.355. The van der Waals surface area contributed by atoms with Gasteiger partial charge in [-0.05, 0) is 38.5 Å². The summed E-state index contributed by atoms with van der Waals surface area (Å²) < 4.78 is 0. The SMILES string of the molecule is CC(C)C1CCC(CO)CN1C(C)C. The first-order chi connectivity index (χ1) is 6.56. The van der Waals surface area contributed by atoms with Crippen molar-refractivity contribution in [1.82, 2.24) is 4.90 Å². The van der Waals surface area contributed by atoms with E-state index >= 15 is 0 Å². The number of piperidine rings is 1. The Balaban J connectivity index is 2.60. The van der Waals surface area contributed by atoms with Gasteiger partial charge in [0.15, 0.2) is 0 Å².